The molecule has 1 fully saturated rings. The van der Waals surface area contributed by atoms with Gasteiger partial charge in [0, 0.05) is 19.3 Å². The van der Waals surface area contributed by atoms with Crippen LogP contribution in [0.15, 0.2) is 29.4 Å². The number of hydrogen-bond donors (Lipinski definition) is 1. The van der Waals surface area contributed by atoms with Crippen LogP contribution in [0.5, 0.6) is 0 Å². The summed E-state index contributed by atoms with van der Waals surface area (Å²) in [6.45, 7) is 1.11. The average molecular weight is 280 g/mol. The van der Waals surface area contributed by atoms with Crippen molar-refractivity contribution in [3.8, 4) is 0 Å². The predicted molar refractivity (Wildman–Crippen MR) is 72.2 cm³/mol. The van der Waals surface area contributed by atoms with Crippen molar-refractivity contribution >= 4 is 21.5 Å². The van der Waals surface area contributed by atoms with E-state index in [1.807, 2.05) is 0 Å². The van der Waals surface area contributed by atoms with E-state index < -0.39 is 10.0 Å². The summed E-state index contributed by atoms with van der Waals surface area (Å²) in [6, 6.07) is 5.31. The van der Waals surface area contributed by atoms with Crippen LogP contribution in [0.3, 0.4) is 0 Å². The van der Waals surface area contributed by atoms with Crippen LogP contribution in [0.1, 0.15) is 19.3 Å². The fourth-order valence-corrected chi connectivity index (χ4v) is 4.17. The van der Waals surface area contributed by atoms with Crippen molar-refractivity contribution in [2.24, 2.45) is 0 Å². The van der Waals surface area contributed by atoms with Gasteiger partial charge in [0.2, 0.25) is 0 Å². The van der Waals surface area contributed by atoms with Crippen LogP contribution in [0, 0.1) is 0 Å². The summed E-state index contributed by atoms with van der Waals surface area (Å²) in [5.41, 5.74) is 6.36. The molecule has 1 saturated heterocycles. The molecule has 102 valence electrons. The Balaban J connectivity index is 2.15. The number of aromatic nitrogens is 2. The molecular formula is C12H16N4O2S. The van der Waals surface area contributed by atoms with Crippen molar-refractivity contribution in [3.05, 3.63) is 24.4 Å². The highest BCUT2D eigenvalue weighted by molar-refractivity contribution is 7.89. The van der Waals surface area contributed by atoms with Gasteiger partial charge in [-0.2, -0.15) is 4.31 Å². The first-order valence-corrected chi connectivity index (χ1v) is 7.77. The Morgan fingerprint density at radius 2 is 1.89 bits per heavy atom. The lowest BCUT2D eigenvalue weighted by Crippen LogP contribution is -2.36. The maximum absolute atomic E-state index is 12.7. The van der Waals surface area contributed by atoms with Crippen LogP contribution in [0.25, 0.3) is 5.65 Å². The van der Waals surface area contributed by atoms with E-state index in [2.05, 4.69) is 4.98 Å². The summed E-state index contributed by atoms with van der Waals surface area (Å²) in [7, 11) is -3.57. The second-order valence-corrected chi connectivity index (χ2v) is 6.55. The number of hydrogen-bond acceptors (Lipinski definition) is 4. The van der Waals surface area contributed by atoms with Crippen molar-refractivity contribution in [3.63, 3.8) is 0 Å². The molecule has 0 saturated carbocycles. The minimum atomic E-state index is -3.57. The molecule has 0 spiro atoms. The third-order valence-corrected chi connectivity index (χ3v) is 5.35. The normalized spacial score (nSPS) is 17.9. The largest absolute Gasteiger partial charge is 0.381 e. The summed E-state index contributed by atoms with van der Waals surface area (Å²) in [5, 5.41) is 0.0880. The minimum Gasteiger partial charge on any atom is -0.381 e. The van der Waals surface area contributed by atoms with Gasteiger partial charge in [0.25, 0.3) is 10.0 Å². The van der Waals surface area contributed by atoms with Crippen LogP contribution < -0.4 is 5.73 Å². The third-order valence-electron chi connectivity index (χ3n) is 3.41. The lowest BCUT2D eigenvalue weighted by atomic mass is 10.2. The van der Waals surface area contributed by atoms with Crippen LogP contribution in [0.2, 0.25) is 0 Å². The molecule has 2 aromatic heterocycles. The highest BCUT2D eigenvalue weighted by Gasteiger charge is 2.31. The minimum absolute atomic E-state index is 0.0665. The Bertz CT molecular complexity index is 702. The molecule has 1 aliphatic rings. The molecule has 2 aromatic rings. The summed E-state index contributed by atoms with van der Waals surface area (Å²) in [6.07, 6.45) is 4.55. The average Bonchev–Trinajstić information content (AvgIpc) is 2.76. The van der Waals surface area contributed by atoms with Gasteiger partial charge < -0.3 is 5.73 Å². The lowest BCUT2D eigenvalue weighted by Gasteiger charge is -2.25. The Morgan fingerprint density at radius 3 is 2.63 bits per heavy atom. The maximum Gasteiger partial charge on any atom is 0.262 e. The third kappa shape index (κ3) is 1.98. The topological polar surface area (TPSA) is 80.7 Å². The van der Waals surface area contributed by atoms with E-state index in [1.165, 1.54) is 4.31 Å². The van der Waals surface area contributed by atoms with E-state index in [0.717, 1.165) is 19.3 Å². The van der Waals surface area contributed by atoms with Crippen molar-refractivity contribution in [2.45, 2.75) is 24.3 Å². The number of sulfonamides is 1. The predicted octanol–water partition coefficient (Wildman–Crippen LogP) is 1.09. The van der Waals surface area contributed by atoms with Crippen molar-refractivity contribution < 1.29 is 8.42 Å². The van der Waals surface area contributed by atoms with Gasteiger partial charge in [0.15, 0.2) is 10.8 Å². The molecule has 0 radical (unpaired) electrons. The number of anilines is 1. The Kier molecular flexibility index (Phi) is 2.94. The van der Waals surface area contributed by atoms with Gasteiger partial charge in [0.1, 0.15) is 5.65 Å². The molecule has 0 amide bonds. The first-order valence-electron chi connectivity index (χ1n) is 6.33. The van der Waals surface area contributed by atoms with Gasteiger partial charge in [-0.1, -0.05) is 12.5 Å². The number of piperidine rings is 1. The summed E-state index contributed by atoms with van der Waals surface area (Å²) in [4.78, 5) is 4.11. The molecule has 1 aliphatic heterocycles. The Labute approximate surface area is 111 Å². The fraction of sp³-hybridized carbons (Fsp3) is 0.417. The lowest BCUT2D eigenvalue weighted by molar-refractivity contribution is 0.345. The maximum atomic E-state index is 12.7. The number of imidazole rings is 1. The molecule has 0 bridgehead atoms. The Morgan fingerprint density at radius 1 is 1.16 bits per heavy atom. The molecule has 7 heteroatoms. The molecular weight excluding hydrogens is 264 g/mol. The smallest absolute Gasteiger partial charge is 0.262 e. The summed E-state index contributed by atoms with van der Waals surface area (Å²) < 4.78 is 28.4. The number of nitrogens with zero attached hydrogens (tertiary/aromatic N) is 3. The molecule has 6 nitrogen and oxygen atoms in total. The fourth-order valence-electron chi connectivity index (χ4n) is 2.48. The van der Waals surface area contributed by atoms with Gasteiger partial charge in [-0.05, 0) is 25.0 Å². The van der Waals surface area contributed by atoms with E-state index in [0.29, 0.717) is 18.7 Å². The van der Waals surface area contributed by atoms with Crippen LogP contribution in [0.4, 0.5) is 5.82 Å². The second-order valence-electron chi connectivity index (χ2n) is 4.70. The number of nitrogen functional groups attached to an aromatic ring is 1. The highest BCUT2D eigenvalue weighted by atomic mass is 32.2. The van der Waals surface area contributed by atoms with Gasteiger partial charge in [-0.15, -0.1) is 0 Å². The summed E-state index contributed by atoms with van der Waals surface area (Å²) >= 11 is 0. The molecule has 0 aromatic carbocycles. The van der Waals surface area contributed by atoms with Gasteiger partial charge in [0.05, 0.1) is 0 Å². The van der Waals surface area contributed by atoms with E-state index in [9.17, 15) is 8.42 Å². The summed E-state index contributed by atoms with van der Waals surface area (Å²) in [5.74, 6) is 0.0665. The second kappa shape index (κ2) is 4.50. The van der Waals surface area contributed by atoms with Gasteiger partial charge in [-0.3, -0.25) is 4.40 Å². The number of fused-ring (bicyclic) bond motifs is 1. The first kappa shape index (κ1) is 12.4. The van der Waals surface area contributed by atoms with E-state index >= 15 is 0 Å². The SMILES string of the molecule is Nc1nc2ccccn2c1S(=O)(=O)N1CCCCC1. The molecule has 0 atom stereocenters. The van der Waals surface area contributed by atoms with Crippen molar-refractivity contribution in [1.29, 1.82) is 0 Å². The zero-order valence-corrected chi connectivity index (χ0v) is 11.3. The molecule has 0 unspecified atom stereocenters. The van der Waals surface area contributed by atoms with Gasteiger partial charge in [-0.25, -0.2) is 13.4 Å². The van der Waals surface area contributed by atoms with Crippen LogP contribution in [-0.4, -0.2) is 35.2 Å². The molecule has 2 N–H and O–H groups in total. The molecule has 19 heavy (non-hydrogen) atoms. The monoisotopic (exact) mass is 280 g/mol. The number of rotatable bonds is 2. The van der Waals surface area contributed by atoms with E-state index in [1.54, 1.807) is 28.8 Å². The number of pyridine rings is 1. The molecule has 0 aliphatic carbocycles. The zero-order chi connectivity index (χ0) is 13.5. The van der Waals surface area contributed by atoms with Crippen molar-refractivity contribution in [2.75, 3.05) is 18.8 Å². The first-order chi connectivity index (χ1) is 9.10. The Hall–Kier alpha value is -1.60. The van der Waals surface area contributed by atoms with E-state index in [-0.39, 0.29) is 10.8 Å². The molecule has 3 heterocycles. The highest BCUT2D eigenvalue weighted by Crippen LogP contribution is 2.25. The van der Waals surface area contributed by atoms with Gasteiger partial charge >= 0.3 is 0 Å². The zero-order valence-electron chi connectivity index (χ0n) is 10.5. The molecule has 3 rings (SSSR count). The quantitative estimate of drug-likeness (QED) is 0.893. The van der Waals surface area contributed by atoms with Crippen LogP contribution >= 0.6 is 0 Å². The van der Waals surface area contributed by atoms with Crippen molar-refractivity contribution in [1.82, 2.24) is 13.7 Å². The van der Waals surface area contributed by atoms with E-state index in [4.69, 9.17) is 5.73 Å². The standard InChI is InChI=1S/C12H16N4O2S/c13-11-12(16-9-5-2-6-10(16)14-11)19(17,18)15-7-3-1-4-8-15/h2,5-6,9H,1,3-4,7-8,13H2. The number of nitrogens with two attached hydrogens (primary N) is 1. The van der Waals surface area contributed by atoms with Crippen LogP contribution in [-0.2, 0) is 10.0 Å².